The van der Waals surface area contributed by atoms with Crippen molar-refractivity contribution in [2.45, 2.75) is 31.9 Å². The van der Waals surface area contributed by atoms with Gasteiger partial charge in [-0.05, 0) is 31.4 Å². The van der Waals surface area contributed by atoms with Gasteiger partial charge in [-0.15, -0.1) is 0 Å². The molecule has 3 rings (SSSR count). The number of amides is 1. The number of hydrogen-bond donors (Lipinski definition) is 0. The molecular weight excluding hydrogens is 300 g/mol. The van der Waals surface area contributed by atoms with Crippen LogP contribution in [0, 0.1) is 6.92 Å². The molecule has 1 aliphatic carbocycles. The lowest BCUT2D eigenvalue weighted by Gasteiger charge is -2.31. The number of rotatable bonds is 3. The Labute approximate surface area is 133 Å². The second-order valence-corrected chi connectivity index (χ2v) is 5.95. The minimum Gasteiger partial charge on any atom is -0.467 e. The summed E-state index contributed by atoms with van der Waals surface area (Å²) in [6, 6.07) is 2.01. The zero-order valence-electron chi connectivity index (χ0n) is 13.3. The molecule has 1 atom stereocenters. The van der Waals surface area contributed by atoms with Crippen LogP contribution >= 0.6 is 0 Å². The van der Waals surface area contributed by atoms with Crippen molar-refractivity contribution < 1.29 is 19.1 Å². The van der Waals surface area contributed by atoms with Gasteiger partial charge in [0, 0.05) is 18.8 Å². The molecule has 1 amide bonds. The number of morpholine rings is 1. The summed E-state index contributed by atoms with van der Waals surface area (Å²) in [6.07, 6.45) is 2.90. The van der Waals surface area contributed by atoms with E-state index in [1.807, 2.05) is 0 Å². The predicted molar refractivity (Wildman–Crippen MR) is 81.4 cm³/mol. The second kappa shape index (κ2) is 6.16. The number of nitrogens with zero attached hydrogens (tertiary/aromatic N) is 2. The first-order valence-electron chi connectivity index (χ1n) is 7.73. The summed E-state index contributed by atoms with van der Waals surface area (Å²) < 4.78 is 11.6. The van der Waals surface area contributed by atoms with Crippen molar-refractivity contribution in [3.05, 3.63) is 33.7 Å². The summed E-state index contributed by atoms with van der Waals surface area (Å²) in [5.74, 6) is -0.859. The summed E-state index contributed by atoms with van der Waals surface area (Å²) in [6.45, 7) is 2.45. The van der Waals surface area contributed by atoms with Gasteiger partial charge in [0.2, 0.25) is 0 Å². The normalized spacial score (nSPS) is 21.1. The fourth-order valence-corrected chi connectivity index (χ4v) is 2.81. The van der Waals surface area contributed by atoms with Gasteiger partial charge in [0.25, 0.3) is 11.5 Å². The molecule has 0 N–H and O–H groups in total. The number of pyridine rings is 1. The fraction of sp³-hybridized carbons (Fsp3) is 0.562. The molecule has 1 saturated heterocycles. The number of carbonyl (C=O) groups excluding carboxylic acids is 2. The molecule has 2 heterocycles. The monoisotopic (exact) mass is 320 g/mol. The van der Waals surface area contributed by atoms with Crippen LogP contribution in [-0.2, 0) is 14.3 Å². The fourth-order valence-electron chi connectivity index (χ4n) is 2.81. The third-order valence-electron chi connectivity index (χ3n) is 4.30. The zero-order valence-corrected chi connectivity index (χ0v) is 13.3. The Bertz CT molecular complexity index is 692. The molecule has 1 aromatic heterocycles. The number of ether oxygens (including phenoxy) is 2. The van der Waals surface area contributed by atoms with E-state index in [2.05, 4.69) is 4.74 Å². The highest BCUT2D eigenvalue weighted by Gasteiger charge is 2.33. The Hall–Kier alpha value is -2.15. The molecule has 1 aliphatic heterocycles. The highest BCUT2D eigenvalue weighted by Crippen LogP contribution is 2.33. The number of esters is 1. The van der Waals surface area contributed by atoms with E-state index in [9.17, 15) is 14.4 Å². The van der Waals surface area contributed by atoms with Crippen molar-refractivity contribution >= 4 is 11.9 Å². The van der Waals surface area contributed by atoms with Gasteiger partial charge in [0.05, 0.1) is 20.3 Å². The third-order valence-corrected chi connectivity index (χ3v) is 4.30. The summed E-state index contributed by atoms with van der Waals surface area (Å²) in [7, 11) is 1.28. The molecule has 7 nitrogen and oxygen atoms in total. The van der Waals surface area contributed by atoms with Crippen LogP contribution in [0.4, 0.5) is 0 Å². The average molecular weight is 320 g/mol. The van der Waals surface area contributed by atoms with Gasteiger partial charge in [-0.1, -0.05) is 0 Å². The van der Waals surface area contributed by atoms with E-state index in [0.29, 0.717) is 12.1 Å². The van der Waals surface area contributed by atoms with Gasteiger partial charge in [-0.25, -0.2) is 4.79 Å². The van der Waals surface area contributed by atoms with Crippen molar-refractivity contribution in [3.8, 4) is 0 Å². The highest BCUT2D eigenvalue weighted by molar-refractivity contribution is 5.95. The van der Waals surface area contributed by atoms with E-state index >= 15 is 0 Å². The molecule has 0 radical (unpaired) electrons. The standard InChI is InChI=1S/C16H20N2O5/c1-10-5-6-18(11-3-4-11)15(20)13(10)14(19)17-7-8-23-12(9-17)16(21)22-2/h5-6,11-12H,3-4,7-9H2,1-2H3. The average Bonchev–Trinajstić information content (AvgIpc) is 3.39. The second-order valence-electron chi connectivity index (χ2n) is 5.95. The number of aryl methyl sites for hydroxylation is 1. The van der Waals surface area contributed by atoms with Crippen molar-refractivity contribution in [1.82, 2.24) is 9.47 Å². The van der Waals surface area contributed by atoms with Crippen LogP contribution in [0.15, 0.2) is 17.1 Å². The smallest absolute Gasteiger partial charge is 0.336 e. The maximum Gasteiger partial charge on any atom is 0.336 e. The highest BCUT2D eigenvalue weighted by atomic mass is 16.6. The molecule has 7 heteroatoms. The van der Waals surface area contributed by atoms with Crippen molar-refractivity contribution in [2.24, 2.45) is 0 Å². The topological polar surface area (TPSA) is 77.8 Å². The van der Waals surface area contributed by atoms with Crippen LogP contribution in [0.25, 0.3) is 0 Å². The maximum atomic E-state index is 12.8. The van der Waals surface area contributed by atoms with E-state index in [-0.39, 0.29) is 36.2 Å². The van der Waals surface area contributed by atoms with Crippen LogP contribution in [0.2, 0.25) is 0 Å². The Kier molecular flexibility index (Phi) is 4.21. The van der Waals surface area contributed by atoms with Crippen molar-refractivity contribution in [1.29, 1.82) is 0 Å². The van der Waals surface area contributed by atoms with Gasteiger partial charge in [-0.3, -0.25) is 9.59 Å². The molecule has 0 spiro atoms. The first kappa shape index (κ1) is 15.7. The quantitative estimate of drug-likeness (QED) is 0.758. The molecule has 1 saturated carbocycles. The van der Waals surface area contributed by atoms with Crippen molar-refractivity contribution in [2.75, 3.05) is 26.8 Å². The van der Waals surface area contributed by atoms with E-state index in [4.69, 9.17) is 4.74 Å². The van der Waals surface area contributed by atoms with Crippen LogP contribution < -0.4 is 5.56 Å². The number of carbonyl (C=O) groups is 2. The van der Waals surface area contributed by atoms with Gasteiger partial charge in [0.1, 0.15) is 5.56 Å². The van der Waals surface area contributed by atoms with E-state index in [1.54, 1.807) is 23.8 Å². The third kappa shape index (κ3) is 3.01. The predicted octanol–water partition coefficient (Wildman–Crippen LogP) is 0.506. The van der Waals surface area contributed by atoms with E-state index in [0.717, 1.165) is 12.8 Å². The first-order valence-corrected chi connectivity index (χ1v) is 7.73. The first-order chi connectivity index (χ1) is 11.0. The Morgan fingerprint density at radius 1 is 1.35 bits per heavy atom. The molecule has 23 heavy (non-hydrogen) atoms. The molecule has 124 valence electrons. The van der Waals surface area contributed by atoms with Crippen LogP contribution in [0.5, 0.6) is 0 Å². The summed E-state index contributed by atoms with van der Waals surface area (Å²) in [5.41, 5.74) is 0.585. The molecule has 2 fully saturated rings. The minimum atomic E-state index is -0.799. The van der Waals surface area contributed by atoms with E-state index in [1.165, 1.54) is 12.0 Å². The summed E-state index contributed by atoms with van der Waals surface area (Å²) in [5, 5.41) is 0. The van der Waals surface area contributed by atoms with Crippen molar-refractivity contribution in [3.63, 3.8) is 0 Å². The lowest BCUT2D eigenvalue weighted by Crippen LogP contribution is -2.50. The lowest BCUT2D eigenvalue weighted by atomic mass is 10.1. The lowest BCUT2D eigenvalue weighted by molar-refractivity contribution is -0.158. The number of aromatic nitrogens is 1. The Morgan fingerprint density at radius 3 is 2.74 bits per heavy atom. The van der Waals surface area contributed by atoms with Gasteiger partial charge in [-0.2, -0.15) is 0 Å². The SMILES string of the molecule is COC(=O)C1CN(C(=O)c2c(C)ccn(C3CC3)c2=O)CCO1. The Balaban J connectivity index is 1.87. The zero-order chi connectivity index (χ0) is 16.6. The molecular formula is C16H20N2O5. The van der Waals surface area contributed by atoms with Crippen LogP contribution in [0.1, 0.15) is 34.8 Å². The number of hydrogen-bond acceptors (Lipinski definition) is 5. The molecule has 0 aromatic carbocycles. The molecule has 1 aromatic rings. The van der Waals surface area contributed by atoms with Crippen LogP contribution in [0.3, 0.4) is 0 Å². The number of methoxy groups -OCH3 is 1. The van der Waals surface area contributed by atoms with E-state index < -0.39 is 12.1 Å². The van der Waals surface area contributed by atoms with Gasteiger partial charge in [0.15, 0.2) is 6.10 Å². The largest absolute Gasteiger partial charge is 0.467 e. The molecule has 0 bridgehead atoms. The maximum absolute atomic E-state index is 12.8. The summed E-state index contributed by atoms with van der Waals surface area (Å²) in [4.78, 5) is 38.5. The van der Waals surface area contributed by atoms with Gasteiger partial charge >= 0.3 is 5.97 Å². The van der Waals surface area contributed by atoms with Crippen LogP contribution in [-0.4, -0.2) is 54.3 Å². The summed E-state index contributed by atoms with van der Waals surface area (Å²) >= 11 is 0. The van der Waals surface area contributed by atoms with Gasteiger partial charge < -0.3 is 18.9 Å². The molecule has 1 unspecified atom stereocenters. The Morgan fingerprint density at radius 2 is 2.09 bits per heavy atom. The molecule has 2 aliphatic rings. The minimum absolute atomic E-state index is 0.0999.